The van der Waals surface area contributed by atoms with Gasteiger partial charge in [-0.2, -0.15) is 0 Å². The molecule has 2 N–H and O–H groups in total. The SMILES string of the molecule is CCC(C)C(=O)C1=C(O)[C@@]23C[C@@H](C(C)(C)O)C(C)(C)[C@@H]2CC(CC=C(C)C)(C1=O)C3=O. The van der Waals surface area contributed by atoms with Crippen LogP contribution in [0.3, 0.4) is 0 Å². The topological polar surface area (TPSA) is 91.7 Å². The predicted molar refractivity (Wildman–Crippen MR) is 119 cm³/mol. The predicted octanol–water partition coefficient (Wildman–Crippen LogP) is 4.73. The maximum absolute atomic E-state index is 14.1. The van der Waals surface area contributed by atoms with Gasteiger partial charge in [-0.1, -0.05) is 39.3 Å². The smallest absolute Gasteiger partial charge is 0.183 e. The highest BCUT2D eigenvalue weighted by Gasteiger charge is 2.78. The Morgan fingerprint density at radius 1 is 1.23 bits per heavy atom. The number of rotatable bonds is 6. The van der Waals surface area contributed by atoms with Crippen molar-refractivity contribution in [2.75, 3.05) is 0 Å². The fourth-order valence-electron chi connectivity index (χ4n) is 6.76. The molecule has 0 amide bonds. The molecule has 3 aliphatic carbocycles. The quantitative estimate of drug-likeness (QED) is 0.361. The Balaban J connectivity index is 2.31. The number of allylic oxidation sites excluding steroid dienone is 4. The molecule has 0 aliphatic heterocycles. The molecule has 0 radical (unpaired) electrons. The zero-order valence-corrected chi connectivity index (χ0v) is 20.3. The number of fused-ring (bicyclic) bond motifs is 1. The lowest BCUT2D eigenvalue weighted by Crippen LogP contribution is -2.50. The van der Waals surface area contributed by atoms with E-state index in [0.717, 1.165) is 5.57 Å². The summed E-state index contributed by atoms with van der Waals surface area (Å²) >= 11 is 0. The van der Waals surface area contributed by atoms with Crippen molar-refractivity contribution in [2.45, 2.75) is 86.7 Å². The van der Waals surface area contributed by atoms with Gasteiger partial charge in [0.05, 0.1) is 16.4 Å². The average molecular weight is 431 g/mol. The zero-order valence-electron chi connectivity index (χ0n) is 20.3. The summed E-state index contributed by atoms with van der Waals surface area (Å²) in [6.45, 7) is 15.0. The van der Waals surface area contributed by atoms with Crippen LogP contribution in [0.1, 0.15) is 81.1 Å². The number of hydrogen-bond acceptors (Lipinski definition) is 5. The van der Waals surface area contributed by atoms with Crippen LogP contribution in [0.4, 0.5) is 0 Å². The molecule has 1 spiro atoms. The minimum atomic E-state index is -1.31. The van der Waals surface area contributed by atoms with E-state index < -0.39 is 33.5 Å². The Morgan fingerprint density at radius 3 is 2.29 bits per heavy atom. The van der Waals surface area contributed by atoms with E-state index in [1.165, 1.54) is 0 Å². The van der Waals surface area contributed by atoms with E-state index in [4.69, 9.17) is 0 Å². The maximum Gasteiger partial charge on any atom is 0.183 e. The van der Waals surface area contributed by atoms with Gasteiger partial charge in [-0.25, -0.2) is 0 Å². The molecule has 0 heterocycles. The van der Waals surface area contributed by atoms with Crippen molar-refractivity contribution in [3.8, 4) is 0 Å². The first-order chi connectivity index (χ1) is 14.1. The number of Topliss-reactive ketones (excluding diaryl/α,β-unsaturated/α-hetero) is 3. The van der Waals surface area contributed by atoms with Gasteiger partial charge in [-0.3, -0.25) is 14.4 Å². The Kier molecular flexibility index (Phi) is 5.50. The molecule has 0 aromatic carbocycles. The van der Waals surface area contributed by atoms with Crippen LogP contribution >= 0.6 is 0 Å². The van der Waals surface area contributed by atoms with Crippen molar-refractivity contribution in [1.82, 2.24) is 0 Å². The third kappa shape index (κ3) is 3.02. The van der Waals surface area contributed by atoms with Gasteiger partial charge in [-0.05, 0) is 70.6 Å². The first kappa shape index (κ1) is 23.9. The summed E-state index contributed by atoms with van der Waals surface area (Å²) in [5.41, 5.74) is -3.31. The molecule has 5 heteroatoms. The van der Waals surface area contributed by atoms with E-state index in [1.807, 2.05) is 40.7 Å². The second-order valence-corrected chi connectivity index (χ2v) is 11.6. The lowest BCUT2D eigenvalue weighted by Gasteiger charge is -2.40. The molecule has 3 aliphatic rings. The van der Waals surface area contributed by atoms with Crippen molar-refractivity contribution < 1.29 is 24.6 Å². The van der Waals surface area contributed by atoms with Crippen molar-refractivity contribution in [3.05, 3.63) is 23.0 Å². The van der Waals surface area contributed by atoms with Crippen LogP contribution in [0.2, 0.25) is 0 Å². The largest absolute Gasteiger partial charge is 0.510 e. The Labute approximate surface area is 186 Å². The minimum absolute atomic E-state index is 0.161. The minimum Gasteiger partial charge on any atom is -0.510 e. The van der Waals surface area contributed by atoms with Crippen LogP contribution in [-0.2, 0) is 14.4 Å². The normalized spacial score (nSPS) is 35.3. The second-order valence-electron chi connectivity index (χ2n) is 11.6. The van der Waals surface area contributed by atoms with Gasteiger partial charge >= 0.3 is 0 Å². The van der Waals surface area contributed by atoms with Gasteiger partial charge in [0, 0.05) is 5.92 Å². The third-order valence-corrected chi connectivity index (χ3v) is 8.65. The van der Waals surface area contributed by atoms with Crippen LogP contribution < -0.4 is 0 Å². The molecule has 0 aromatic rings. The summed E-state index contributed by atoms with van der Waals surface area (Å²) in [5.74, 6) is -2.46. The third-order valence-electron chi connectivity index (χ3n) is 8.65. The van der Waals surface area contributed by atoms with Gasteiger partial charge in [-0.15, -0.1) is 0 Å². The monoisotopic (exact) mass is 430 g/mol. The van der Waals surface area contributed by atoms with E-state index in [9.17, 15) is 24.6 Å². The van der Waals surface area contributed by atoms with Crippen LogP contribution in [0.25, 0.3) is 0 Å². The molecule has 0 saturated heterocycles. The van der Waals surface area contributed by atoms with Crippen LogP contribution in [-0.4, -0.2) is 33.2 Å². The van der Waals surface area contributed by atoms with Gasteiger partial charge in [0.25, 0.3) is 0 Å². The molecule has 3 rings (SSSR count). The van der Waals surface area contributed by atoms with E-state index in [2.05, 4.69) is 0 Å². The average Bonchev–Trinajstić information content (AvgIpc) is 3.03. The summed E-state index contributed by atoms with van der Waals surface area (Å²) in [6.07, 6.45) is 3.25. The van der Waals surface area contributed by atoms with Crippen LogP contribution in [0, 0.1) is 34.0 Å². The number of carbonyl (C=O) groups is 3. The van der Waals surface area contributed by atoms with E-state index >= 15 is 0 Å². The molecule has 2 fully saturated rings. The number of aliphatic hydroxyl groups excluding tert-OH is 1. The Morgan fingerprint density at radius 2 is 1.81 bits per heavy atom. The van der Waals surface area contributed by atoms with Gasteiger partial charge in [0.2, 0.25) is 0 Å². The summed E-state index contributed by atoms with van der Waals surface area (Å²) in [7, 11) is 0. The van der Waals surface area contributed by atoms with Crippen LogP contribution in [0.5, 0.6) is 0 Å². The summed E-state index contributed by atoms with van der Waals surface area (Å²) < 4.78 is 0. The Bertz CT molecular complexity index is 895. The molecule has 5 nitrogen and oxygen atoms in total. The fourth-order valence-corrected chi connectivity index (χ4v) is 6.76. The summed E-state index contributed by atoms with van der Waals surface area (Å²) in [4.78, 5) is 41.1. The first-order valence-corrected chi connectivity index (χ1v) is 11.5. The number of carbonyl (C=O) groups excluding carboxylic acids is 3. The number of hydrogen-bond donors (Lipinski definition) is 2. The Hall–Kier alpha value is -1.75. The fraction of sp³-hybridized carbons (Fsp3) is 0.731. The van der Waals surface area contributed by atoms with Crippen molar-refractivity contribution in [1.29, 1.82) is 0 Å². The molecule has 0 aromatic heterocycles. The first-order valence-electron chi connectivity index (χ1n) is 11.5. The van der Waals surface area contributed by atoms with Gasteiger partial charge in [0.15, 0.2) is 17.3 Å². The maximum atomic E-state index is 14.1. The molecule has 2 unspecified atom stereocenters. The van der Waals surface area contributed by atoms with Crippen LogP contribution in [0.15, 0.2) is 23.0 Å². The zero-order chi connectivity index (χ0) is 23.7. The molecule has 5 atom stereocenters. The highest BCUT2D eigenvalue weighted by atomic mass is 16.3. The van der Waals surface area contributed by atoms with Crippen molar-refractivity contribution >= 4 is 17.3 Å². The lowest BCUT2D eigenvalue weighted by molar-refractivity contribution is -0.144. The highest BCUT2D eigenvalue weighted by Crippen LogP contribution is 2.73. The molecule has 31 heavy (non-hydrogen) atoms. The molecular weight excluding hydrogens is 392 g/mol. The molecule has 2 bridgehead atoms. The van der Waals surface area contributed by atoms with Crippen molar-refractivity contribution in [3.63, 3.8) is 0 Å². The summed E-state index contributed by atoms with van der Waals surface area (Å²) in [5, 5.41) is 22.4. The molecule has 2 saturated carbocycles. The highest BCUT2D eigenvalue weighted by molar-refractivity contribution is 6.32. The number of aliphatic hydroxyl groups is 2. The standard InChI is InChI=1S/C26H38O5/c1-9-15(4)19(27)18-20(28)25(11-10-14(2)3)12-17-23(5,6)16(24(7,8)31)13-26(17,21(18)29)22(25)30/h10,15-17,29,31H,9,11-13H2,1-8H3/t15?,16-,17+,25?,26-/m1/s1. The lowest BCUT2D eigenvalue weighted by atomic mass is 9.62. The molecule has 172 valence electrons. The number of ketones is 3. The van der Waals surface area contributed by atoms with Crippen molar-refractivity contribution in [2.24, 2.45) is 34.0 Å². The van der Waals surface area contributed by atoms with E-state index in [1.54, 1.807) is 20.8 Å². The summed E-state index contributed by atoms with van der Waals surface area (Å²) in [6, 6.07) is 0. The molecular formula is C26H38O5. The van der Waals surface area contributed by atoms with E-state index in [-0.39, 0.29) is 47.6 Å². The second kappa shape index (κ2) is 7.13. The van der Waals surface area contributed by atoms with Gasteiger partial charge in [0.1, 0.15) is 11.3 Å². The van der Waals surface area contributed by atoms with Gasteiger partial charge < -0.3 is 10.2 Å². The van der Waals surface area contributed by atoms with E-state index in [0.29, 0.717) is 12.8 Å².